The fourth-order valence-electron chi connectivity index (χ4n) is 10.3. The molecule has 4 saturated carbocycles. The fraction of sp³-hybridized carbons (Fsp3) is 1.00. The molecular weight excluding hydrogens is 372 g/mol. The molecule has 0 radical (unpaired) electrons. The maximum Gasteiger partial charge on any atom is 0.171 e. The summed E-state index contributed by atoms with van der Waals surface area (Å²) in [7, 11) is 0. The molecule has 0 amide bonds. The maximum atomic E-state index is 10.3. The molecule has 3 nitrogen and oxygen atoms in total. The third-order valence-corrected chi connectivity index (χ3v) is 11.9. The van der Waals surface area contributed by atoms with E-state index in [-0.39, 0.29) is 11.9 Å². The van der Waals surface area contributed by atoms with Crippen LogP contribution in [0.1, 0.15) is 91.9 Å². The Morgan fingerprint density at radius 1 is 0.833 bits per heavy atom. The van der Waals surface area contributed by atoms with Crippen LogP contribution in [0.2, 0.25) is 0 Å². The molecule has 1 N–H and O–H groups in total. The summed E-state index contributed by atoms with van der Waals surface area (Å²) in [5.74, 6) is 4.93. The van der Waals surface area contributed by atoms with Gasteiger partial charge < -0.3 is 14.6 Å². The number of ether oxygens (including phenoxy) is 2. The standard InChI is InChI=1S/C27H44O3/c1-16-7-12-27(29-15-16)17(2)24-23(30-27)14-22-20-6-5-18-13-19(28)8-10-25(18,3)21(20)9-11-26(22,24)4/h16-24,28H,5-15H2,1-4H3/t16?,17-,18+,19+,20?,21?,22?,23-,24?,25-,26-,27+/m0/s1. The smallest absolute Gasteiger partial charge is 0.171 e. The van der Waals surface area contributed by atoms with Crippen molar-refractivity contribution in [3.05, 3.63) is 0 Å². The van der Waals surface area contributed by atoms with Crippen LogP contribution in [-0.4, -0.2) is 29.7 Å². The number of rotatable bonds is 0. The summed E-state index contributed by atoms with van der Waals surface area (Å²) >= 11 is 0. The van der Waals surface area contributed by atoms with Crippen molar-refractivity contribution in [2.75, 3.05) is 6.61 Å². The zero-order valence-corrected chi connectivity index (χ0v) is 19.7. The Bertz CT molecular complexity index is 684. The van der Waals surface area contributed by atoms with E-state index < -0.39 is 0 Å². The first kappa shape index (κ1) is 20.5. The molecule has 2 aliphatic heterocycles. The van der Waals surface area contributed by atoms with Crippen LogP contribution in [0.4, 0.5) is 0 Å². The Balaban J connectivity index is 1.26. The van der Waals surface area contributed by atoms with E-state index in [1.807, 2.05) is 0 Å². The number of hydrogen-bond donors (Lipinski definition) is 1. The molecule has 4 aliphatic carbocycles. The summed E-state index contributed by atoms with van der Waals surface area (Å²) in [6.07, 6.45) is 12.9. The molecule has 170 valence electrons. The number of aliphatic hydroxyl groups excluding tert-OH is 1. The highest BCUT2D eigenvalue weighted by Crippen LogP contribution is 2.71. The van der Waals surface area contributed by atoms with Gasteiger partial charge in [0.2, 0.25) is 0 Å². The molecule has 6 rings (SSSR count). The second kappa shape index (κ2) is 6.70. The molecule has 1 spiro atoms. The SMILES string of the molecule is CC1CC[C@@]2(OC1)O[C@H]1CC3C4CC[C@@H]5C[C@H](O)CC[C@]5(C)C4CC[C@]3(C)C1[C@@H]2C. The van der Waals surface area contributed by atoms with E-state index in [0.717, 1.165) is 49.5 Å². The normalized spacial score (nSPS) is 62.5. The highest BCUT2D eigenvalue weighted by molar-refractivity contribution is 5.15. The quantitative estimate of drug-likeness (QED) is 0.543. The van der Waals surface area contributed by atoms with Crippen molar-refractivity contribution in [1.29, 1.82) is 0 Å². The first-order valence-corrected chi connectivity index (χ1v) is 13.3. The first-order chi connectivity index (χ1) is 14.3. The summed E-state index contributed by atoms with van der Waals surface area (Å²) in [5.41, 5.74) is 0.899. The summed E-state index contributed by atoms with van der Waals surface area (Å²) in [6, 6.07) is 0. The molecule has 3 heteroatoms. The monoisotopic (exact) mass is 416 g/mol. The summed E-state index contributed by atoms with van der Waals surface area (Å²) < 4.78 is 13.4. The Morgan fingerprint density at radius 2 is 1.63 bits per heavy atom. The lowest BCUT2D eigenvalue weighted by Crippen LogP contribution is -2.55. The fourth-order valence-corrected chi connectivity index (χ4v) is 10.3. The van der Waals surface area contributed by atoms with E-state index in [4.69, 9.17) is 9.47 Å². The van der Waals surface area contributed by atoms with Gasteiger partial charge in [0.15, 0.2) is 5.79 Å². The van der Waals surface area contributed by atoms with Gasteiger partial charge in [0, 0.05) is 12.3 Å². The van der Waals surface area contributed by atoms with Crippen molar-refractivity contribution >= 4 is 0 Å². The van der Waals surface area contributed by atoms with Gasteiger partial charge in [-0.2, -0.15) is 0 Å². The van der Waals surface area contributed by atoms with Crippen LogP contribution < -0.4 is 0 Å². The van der Waals surface area contributed by atoms with Gasteiger partial charge in [0.05, 0.1) is 18.8 Å². The molecule has 5 unspecified atom stereocenters. The molecule has 6 fully saturated rings. The third kappa shape index (κ3) is 2.61. The van der Waals surface area contributed by atoms with Crippen LogP contribution in [-0.2, 0) is 9.47 Å². The van der Waals surface area contributed by atoms with E-state index in [1.165, 1.54) is 44.9 Å². The van der Waals surface area contributed by atoms with Crippen LogP contribution >= 0.6 is 0 Å². The van der Waals surface area contributed by atoms with Gasteiger partial charge in [0.25, 0.3) is 0 Å². The van der Waals surface area contributed by atoms with Gasteiger partial charge >= 0.3 is 0 Å². The predicted octanol–water partition coefficient (Wildman–Crippen LogP) is 5.79. The van der Waals surface area contributed by atoms with Crippen LogP contribution in [0.5, 0.6) is 0 Å². The van der Waals surface area contributed by atoms with E-state index in [2.05, 4.69) is 27.7 Å². The number of fused-ring (bicyclic) bond motifs is 7. The lowest BCUT2D eigenvalue weighted by molar-refractivity contribution is -0.273. The van der Waals surface area contributed by atoms with Crippen LogP contribution in [0, 0.1) is 52.3 Å². The van der Waals surface area contributed by atoms with Crippen molar-refractivity contribution in [3.8, 4) is 0 Å². The Morgan fingerprint density at radius 3 is 2.40 bits per heavy atom. The second-order valence-electron chi connectivity index (χ2n) is 13.1. The predicted molar refractivity (Wildman–Crippen MR) is 118 cm³/mol. The first-order valence-electron chi connectivity index (χ1n) is 13.3. The minimum absolute atomic E-state index is 0.0389. The van der Waals surface area contributed by atoms with Crippen LogP contribution in [0.3, 0.4) is 0 Å². The van der Waals surface area contributed by atoms with Gasteiger partial charge in [-0.05, 0) is 104 Å². The molecule has 12 atom stereocenters. The van der Waals surface area contributed by atoms with Gasteiger partial charge in [-0.1, -0.05) is 27.7 Å². The molecular formula is C27H44O3. The molecule has 0 bridgehead atoms. The molecule has 2 heterocycles. The van der Waals surface area contributed by atoms with Gasteiger partial charge in [-0.25, -0.2) is 0 Å². The topological polar surface area (TPSA) is 38.7 Å². The van der Waals surface area contributed by atoms with Crippen molar-refractivity contribution in [1.82, 2.24) is 0 Å². The Hall–Kier alpha value is -0.120. The highest BCUT2D eigenvalue weighted by Gasteiger charge is 2.69. The van der Waals surface area contributed by atoms with E-state index in [0.29, 0.717) is 34.7 Å². The molecule has 2 saturated heterocycles. The molecule has 30 heavy (non-hydrogen) atoms. The second-order valence-corrected chi connectivity index (χ2v) is 13.1. The lowest BCUT2D eigenvalue weighted by Gasteiger charge is -2.61. The molecule has 6 aliphatic rings. The zero-order chi connectivity index (χ0) is 20.9. The Kier molecular flexibility index (Phi) is 4.58. The third-order valence-electron chi connectivity index (χ3n) is 11.9. The zero-order valence-electron chi connectivity index (χ0n) is 19.7. The van der Waals surface area contributed by atoms with E-state index >= 15 is 0 Å². The van der Waals surface area contributed by atoms with Gasteiger partial charge in [0.1, 0.15) is 0 Å². The van der Waals surface area contributed by atoms with E-state index in [1.54, 1.807) is 0 Å². The van der Waals surface area contributed by atoms with Crippen molar-refractivity contribution in [2.24, 2.45) is 52.3 Å². The van der Waals surface area contributed by atoms with Crippen molar-refractivity contribution in [2.45, 2.75) is 110 Å². The maximum absolute atomic E-state index is 10.3. The molecule has 0 aromatic rings. The summed E-state index contributed by atoms with van der Waals surface area (Å²) in [4.78, 5) is 0. The van der Waals surface area contributed by atoms with Crippen LogP contribution in [0.25, 0.3) is 0 Å². The Labute approximate surface area is 183 Å². The minimum Gasteiger partial charge on any atom is -0.393 e. The van der Waals surface area contributed by atoms with Gasteiger partial charge in [-0.15, -0.1) is 0 Å². The summed E-state index contributed by atoms with van der Waals surface area (Å²) in [5, 5.41) is 10.3. The highest BCUT2D eigenvalue weighted by atomic mass is 16.7. The lowest BCUT2D eigenvalue weighted by atomic mass is 9.44. The average molecular weight is 417 g/mol. The van der Waals surface area contributed by atoms with Crippen molar-refractivity contribution < 1.29 is 14.6 Å². The molecule has 0 aromatic carbocycles. The summed E-state index contributed by atoms with van der Waals surface area (Å²) in [6.45, 7) is 10.9. The average Bonchev–Trinajstić information content (AvgIpc) is 3.16. The van der Waals surface area contributed by atoms with E-state index in [9.17, 15) is 5.11 Å². The number of hydrogen-bond acceptors (Lipinski definition) is 3. The largest absolute Gasteiger partial charge is 0.393 e. The van der Waals surface area contributed by atoms with Crippen LogP contribution in [0.15, 0.2) is 0 Å². The van der Waals surface area contributed by atoms with Gasteiger partial charge in [-0.3, -0.25) is 0 Å². The number of aliphatic hydroxyl groups is 1. The molecule has 0 aromatic heterocycles. The van der Waals surface area contributed by atoms with Crippen molar-refractivity contribution in [3.63, 3.8) is 0 Å². The minimum atomic E-state index is -0.282.